The number of hydrogen-bond donors (Lipinski definition) is 0. The molecule has 1 aliphatic heterocycles. The number of rotatable bonds is 0. The van der Waals surface area contributed by atoms with Gasteiger partial charge < -0.3 is 9.47 Å². The van der Waals surface area contributed by atoms with E-state index in [0.717, 1.165) is 11.5 Å². The van der Waals surface area contributed by atoms with E-state index in [1.165, 1.54) is 0 Å². The molecule has 0 aliphatic carbocycles. The molecule has 0 saturated carbocycles. The Morgan fingerprint density at radius 1 is 1.17 bits per heavy atom. The van der Waals surface area contributed by atoms with Gasteiger partial charge in [0.05, 0.1) is 0 Å². The van der Waals surface area contributed by atoms with Gasteiger partial charge in [-0.05, 0) is 19.1 Å². The topological polar surface area (TPSA) is 18.5 Å². The van der Waals surface area contributed by atoms with E-state index in [1.807, 2.05) is 31.2 Å². The first-order valence-electron chi connectivity index (χ1n) is 3.84. The van der Waals surface area contributed by atoms with E-state index in [9.17, 15) is 0 Å². The fourth-order valence-corrected chi connectivity index (χ4v) is 1.26. The molecule has 3 heteroatoms. The molecule has 2 atom stereocenters. The minimum atomic E-state index is -0.389. The van der Waals surface area contributed by atoms with Crippen molar-refractivity contribution in [2.45, 2.75) is 18.6 Å². The van der Waals surface area contributed by atoms with Crippen LogP contribution < -0.4 is 9.47 Å². The molecule has 0 radical (unpaired) electrons. The Kier molecular flexibility index (Phi) is 1.85. The Hall–Kier alpha value is -0.890. The maximum absolute atomic E-state index is 5.85. The summed E-state index contributed by atoms with van der Waals surface area (Å²) >= 11 is 5.85. The summed E-state index contributed by atoms with van der Waals surface area (Å²) in [7, 11) is 0. The van der Waals surface area contributed by atoms with Crippen LogP contribution in [0.4, 0.5) is 0 Å². The largest absolute Gasteiger partial charge is 0.482 e. The van der Waals surface area contributed by atoms with Crippen LogP contribution in [0.3, 0.4) is 0 Å². The summed E-state index contributed by atoms with van der Waals surface area (Å²) in [5.41, 5.74) is -0.389. The normalized spacial score (nSPS) is 26.8. The van der Waals surface area contributed by atoms with Gasteiger partial charge in [-0.1, -0.05) is 23.7 Å². The Morgan fingerprint density at radius 3 is 2.42 bits per heavy atom. The van der Waals surface area contributed by atoms with Crippen LogP contribution in [-0.2, 0) is 0 Å². The van der Waals surface area contributed by atoms with Crippen LogP contribution in [0.2, 0.25) is 0 Å². The lowest BCUT2D eigenvalue weighted by Crippen LogP contribution is -2.32. The summed E-state index contributed by atoms with van der Waals surface area (Å²) < 4.78 is 10.9. The molecule has 0 bridgehead atoms. The van der Waals surface area contributed by atoms with Crippen LogP contribution >= 0.6 is 11.6 Å². The first-order chi connectivity index (χ1) is 5.77. The molecule has 64 valence electrons. The van der Waals surface area contributed by atoms with Gasteiger partial charge in [-0.3, -0.25) is 0 Å². The Morgan fingerprint density at radius 2 is 1.75 bits per heavy atom. The highest BCUT2D eigenvalue weighted by Crippen LogP contribution is 2.34. The van der Waals surface area contributed by atoms with Crippen molar-refractivity contribution in [2.75, 3.05) is 0 Å². The Bertz CT molecular complexity index is 259. The zero-order valence-electron chi connectivity index (χ0n) is 6.66. The van der Waals surface area contributed by atoms with E-state index in [4.69, 9.17) is 21.1 Å². The molecule has 0 aromatic heterocycles. The molecule has 0 N–H and O–H groups in total. The fourth-order valence-electron chi connectivity index (χ4n) is 1.12. The zero-order chi connectivity index (χ0) is 8.55. The minimum absolute atomic E-state index is 0.0958. The Balaban J connectivity index is 2.34. The fraction of sp³-hybridized carbons (Fsp3) is 0.333. The third-order valence-electron chi connectivity index (χ3n) is 1.77. The standard InChI is InChI=1S/C9H9ClO2/c1-6-9(10)12-8-5-3-2-4-7(8)11-6/h2-6,9H,1H3. The molecule has 2 unspecified atom stereocenters. The quantitative estimate of drug-likeness (QED) is 0.577. The highest BCUT2D eigenvalue weighted by atomic mass is 35.5. The van der Waals surface area contributed by atoms with E-state index in [-0.39, 0.29) is 11.7 Å². The van der Waals surface area contributed by atoms with Crippen molar-refractivity contribution in [3.8, 4) is 11.5 Å². The number of alkyl halides is 1. The molecule has 1 heterocycles. The smallest absolute Gasteiger partial charge is 0.208 e. The van der Waals surface area contributed by atoms with Gasteiger partial charge in [0.25, 0.3) is 0 Å². The lowest BCUT2D eigenvalue weighted by atomic mass is 10.3. The lowest BCUT2D eigenvalue weighted by molar-refractivity contribution is 0.0788. The number of hydrogen-bond acceptors (Lipinski definition) is 2. The second-order valence-electron chi connectivity index (χ2n) is 2.74. The second kappa shape index (κ2) is 2.87. The summed E-state index contributed by atoms with van der Waals surface area (Å²) in [6.45, 7) is 1.88. The summed E-state index contributed by atoms with van der Waals surface area (Å²) in [5.74, 6) is 1.48. The average Bonchev–Trinajstić information content (AvgIpc) is 2.07. The first-order valence-corrected chi connectivity index (χ1v) is 4.27. The van der Waals surface area contributed by atoms with E-state index < -0.39 is 0 Å². The third-order valence-corrected chi connectivity index (χ3v) is 2.21. The molecule has 1 aromatic rings. The van der Waals surface area contributed by atoms with Crippen LogP contribution in [0.5, 0.6) is 11.5 Å². The molecule has 0 saturated heterocycles. The molecular formula is C9H9ClO2. The van der Waals surface area contributed by atoms with Gasteiger partial charge in [0, 0.05) is 0 Å². The number of ether oxygens (including phenoxy) is 2. The maximum atomic E-state index is 5.85. The lowest BCUT2D eigenvalue weighted by Gasteiger charge is -2.27. The van der Waals surface area contributed by atoms with E-state index in [0.29, 0.717) is 0 Å². The molecule has 12 heavy (non-hydrogen) atoms. The SMILES string of the molecule is CC1Oc2ccccc2OC1Cl. The van der Waals surface area contributed by atoms with Gasteiger partial charge in [-0.25, -0.2) is 0 Å². The summed E-state index contributed by atoms with van der Waals surface area (Å²) in [5, 5.41) is 0. The van der Waals surface area contributed by atoms with E-state index >= 15 is 0 Å². The van der Waals surface area contributed by atoms with Gasteiger partial charge in [0.15, 0.2) is 11.5 Å². The van der Waals surface area contributed by atoms with Crippen LogP contribution in [0.1, 0.15) is 6.92 Å². The highest BCUT2D eigenvalue weighted by molar-refractivity contribution is 6.20. The highest BCUT2D eigenvalue weighted by Gasteiger charge is 2.25. The summed E-state index contributed by atoms with van der Waals surface area (Å²) in [6.07, 6.45) is -0.0958. The van der Waals surface area contributed by atoms with Crippen molar-refractivity contribution in [3.63, 3.8) is 0 Å². The monoisotopic (exact) mass is 184 g/mol. The van der Waals surface area contributed by atoms with Crippen LogP contribution in [0.15, 0.2) is 24.3 Å². The van der Waals surface area contributed by atoms with Crippen LogP contribution in [0.25, 0.3) is 0 Å². The molecule has 1 aliphatic rings. The number of fused-ring (bicyclic) bond motifs is 1. The van der Waals surface area contributed by atoms with Gasteiger partial charge in [0.1, 0.15) is 6.10 Å². The number of benzene rings is 1. The van der Waals surface area contributed by atoms with Gasteiger partial charge >= 0.3 is 0 Å². The number of para-hydroxylation sites is 2. The predicted octanol–water partition coefficient (Wildman–Crippen LogP) is 2.41. The summed E-state index contributed by atoms with van der Waals surface area (Å²) in [6, 6.07) is 7.51. The summed E-state index contributed by atoms with van der Waals surface area (Å²) in [4.78, 5) is 0. The molecule has 2 nitrogen and oxygen atoms in total. The van der Waals surface area contributed by atoms with Crippen molar-refractivity contribution >= 4 is 11.6 Å². The van der Waals surface area contributed by atoms with Crippen molar-refractivity contribution < 1.29 is 9.47 Å². The van der Waals surface area contributed by atoms with E-state index in [1.54, 1.807) is 0 Å². The second-order valence-corrected chi connectivity index (χ2v) is 3.17. The van der Waals surface area contributed by atoms with Crippen LogP contribution in [0, 0.1) is 0 Å². The zero-order valence-corrected chi connectivity index (χ0v) is 7.41. The first kappa shape index (κ1) is 7.74. The predicted molar refractivity (Wildman–Crippen MR) is 46.8 cm³/mol. The van der Waals surface area contributed by atoms with Gasteiger partial charge in [-0.15, -0.1) is 0 Å². The molecule has 1 aromatic carbocycles. The average molecular weight is 185 g/mol. The van der Waals surface area contributed by atoms with Gasteiger partial charge in [0.2, 0.25) is 5.56 Å². The van der Waals surface area contributed by atoms with Crippen molar-refractivity contribution in [1.29, 1.82) is 0 Å². The van der Waals surface area contributed by atoms with Crippen molar-refractivity contribution in [3.05, 3.63) is 24.3 Å². The molecule has 0 fully saturated rings. The minimum Gasteiger partial charge on any atom is -0.482 e. The molecule has 0 spiro atoms. The van der Waals surface area contributed by atoms with E-state index in [2.05, 4.69) is 0 Å². The van der Waals surface area contributed by atoms with Gasteiger partial charge in [-0.2, -0.15) is 0 Å². The molecule has 0 amide bonds. The maximum Gasteiger partial charge on any atom is 0.208 e. The molecule has 2 rings (SSSR count). The third kappa shape index (κ3) is 1.23. The Labute approximate surface area is 76.1 Å². The number of halogens is 1. The van der Waals surface area contributed by atoms with Crippen molar-refractivity contribution in [1.82, 2.24) is 0 Å². The van der Waals surface area contributed by atoms with Crippen LogP contribution in [-0.4, -0.2) is 11.7 Å². The molecular weight excluding hydrogens is 176 g/mol. The van der Waals surface area contributed by atoms with Crippen molar-refractivity contribution in [2.24, 2.45) is 0 Å².